The molecule has 0 bridgehead atoms. The Morgan fingerprint density at radius 3 is 2.74 bits per heavy atom. The van der Waals surface area contributed by atoms with E-state index in [4.69, 9.17) is 4.74 Å². The lowest BCUT2D eigenvalue weighted by Gasteiger charge is -2.29. The number of rotatable bonds is 8. The number of likely N-dealkylation sites (N-methyl/N-ethyl adjacent to an activating group) is 1. The summed E-state index contributed by atoms with van der Waals surface area (Å²) in [6.07, 6.45) is 1.64. The minimum Gasteiger partial charge on any atom is -0.396 e. The molecule has 0 aliphatic carbocycles. The van der Waals surface area contributed by atoms with Crippen LogP contribution in [0.4, 0.5) is 4.39 Å². The Bertz CT molecular complexity index is 595. The number of aliphatic hydroxyl groups is 1. The number of nitrogens with zero attached hydrogens (tertiary/aromatic N) is 2. The van der Waals surface area contributed by atoms with Crippen molar-refractivity contribution in [3.05, 3.63) is 35.6 Å². The second-order valence-corrected chi connectivity index (χ2v) is 7.12. The van der Waals surface area contributed by atoms with Gasteiger partial charge in [-0.1, -0.05) is 12.1 Å². The predicted molar refractivity (Wildman–Crippen MR) is 117 cm³/mol. The van der Waals surface area contributed by atoms with Crippen molar-refractivity contribution in [1.29, 1.82) is 0 Å². The van der Waals surface area contributed by atoms with Crippen LogP contribution in [0.3, 0.4) is 0 Å². The number of benzene rings is 1. The van der Waals surface area contributed by atoms with Gasteiger partial charge in [0.25, 0.3) is 0 Å². The van der Waals surface area contributed by atoms with Crippen LogP contribution in [0.2, 0.25) is 0 Å². The van der Waals surface area contributed by atoms with E-state index in [1.165, 1.54) is 6.07 Å². The minimum absolute atomic E-state index is 0. The van der Waals surface area contributed by atoms with Gasteiger partial charge in [0.2, 0.25) is 0 Å². The predicted octanol–water partition coefficient (Wildman–Crippen LogP) is 2.00. The summed E-state index contributed by atoms with van der Waals surface area (Å²) < 4.78 is 19.1. The highest BCUT2D eigenvalue weighted by atomic mass is 127. The molecule has 0 saturated carbocycles. The fourth-order valence-corrected chi connectivity index (χ4v) is 3.31. The monoisotopic (exact) mass is 494 g/mol. The number of hydrogen-bond donors (Lipinski definition) is 3. The van der Waals surface area contributed by atoms with E-state index in [2.05, 4.69) is 15.6 Å². The zero-order valence-corrected chi connectivity index (χ0v) is 18.7. The molecule has 2 unspecified atom stereocenters. The molecule has 3 N–H and O–H groups in total. The van der Waals surface area contributed by atoms with E-state index in [0.717, 1.165) is 18.6 Å². The van der Waals surface area contributed by atoms with Gasteiger partial charge in [0, 0.05) is 38.8 Å². The van der Waals surface area contributed by atoms with Crippen molar-refractivity contribution < 1.29 is 14.2 Å². The number of nitrogens with one attached hydrogen (secondary N) is 2. The summed E-state index contributed by atoms with van der Waals surface area (Å²) in [6.45, 7) is 2.83. The van der Waals surface area contributed by atoms with Gasteiger partial charge in [0.1, 0.15) is 5.82 Å². The fraction of sp³-hybridized carbons (Fsp3) is 0.632. The normalized spacial score (nSPS) is 21.0. The molecule has 0 aromatic heterocycles. The lowest BCUT2D eigenvalue weighted by Crippen LogP contribution is -2.46. The molecular formula is C19H32FIN4O2. The number of aliphatic imine (C=N–C) groups is 1. The summed E-state index contributed by atoms with van der Waals surface area (Å²) >= 11 is 0. The quantitative estimate of drug-likeness (QED) is 0.293. The van der Waals surface area contributed by atoms with Crippen molar-refractivity contribution in [3.8, 4) is 0 Å². The van der Waals surface area contributed by atoms with Crippen LogP contribution in [0, 0.1) is 11.2 Å². The Balaban J connectivity index is 0.00000364. The first-order valence-corrected chi connectivity index (χ1v) is 9.05. The largest absolute Gasteiger partial charge is 0.396 e. The van der Waals surface area contributed by atoms with Crippen LogP contribution in [-0.4, -0.2) is 70.0 Å². The van der Waals surface area contributed by atoms with Crippen LogP contribution < -0.4 is 10.6 Å². The fourth-order valence-electron chi connectivity index (χ4n) is 3.31. The van der Waals surface area contributed by atoms with Gasteiger partial charge in [-0.05, 0) is 44.6 Å². The maximum Gasteiger partial charge on any atom is 0.191 e. The molecule has 1 aromatic carbocycles. The molecule has 1 saturated heterocycles. The minimum atomic E-state index is -0.232. The van der Waals surface area contributed by atoms with Crippen molar-refractivity contribution in [2.75, 3.05) is 54.1 Å². The van der Waals surface area contributed by atoms with Gasteiger partial charge in [0.15, 0.2) is 5.96 Å². The van der Waals surface area contributed by atoms with E-state index in [1.54, 1.807) is 19.2 Å². The maximum atomic E-state index is 13.6. The van der Waals surface area contributed by atoms with Gasteiger partial charge in [0.05, 0.1) is 12.6 Å². The smallest absolute Gasteiger partial charge is 0.191 e. The first-order chi connectivity index (χ1) is 12.5. The van der Waals surface area contributed by atoms with Gasteiger partial charge >= 0.3 is 0 Å². The second-order valence-electron chi connectivity index (χ2n) is 7.12. The summed E-state index contributed by atoms with van der Waals surface area (Å²) in [5.74, 6) is 0.460. The molecule has 1 fully saturated rings. The van der Waals surface area contributed by atoms with Crippen LogP contribution >= 0.6 is 24.0 Å². The molecule has 0 amide bonds. The standard InChI is InChI=1S/C19H31FN4O2.HI/c1-21-18(23-13-19(7-9-25)8-10-26-14-19)22-12-17(24(2)3)15-5-4-6-16(20)11-15;/h4-6,11,17,25H,7-10,12-14H2,1-3H3,(H2,21,22,23);1H. The van der Waals surface area contributed by atoms with Crippen molar-refractivity contribution in [3.63, 3.8) is 0 Å². The van der Waals surface area contributed by atoms with Gasteiger partial charge < -0.3 is 25.4 Å². The summed E-state index contributed by atoms with van der Waals surface area (Å²) in [5, 5.41) is 16.0. The van der Waals surface area contributed by atoms with Crippen molar-refractivity contribution in [1.82, 2.24) is 15.5 Å². The molecule has 1 aliphatic heterocycles. The Morgan fingerprint density at radius 1 is 1.41 bits per heavy atom. The topological polar surface area (TPSA) is 69.1 Å². The molecule has 6 nitrogen and oxygen atoms in total. The SMILES string of the molecule is CN=C(NCC(c1cccc(F)c1)N(C)C)NCC1(CCO)CCOC1.I. The molecule has 1 aromatic rings. The number of guanidine groups is 1. The van der Waals surface area contributed by atoms with E-state index in [0.29, 0.717) is 32.1 Å². The van der Waals surface area contributed by atoms with Gasteiger partial charge in [-0.25, -0.2) is 4.39 Å². The molecule has 8 heteroatoms. The third kappa shape index (κ3) is 7.17. The van der Waals surface area contributed by atoms with Crippen LogP contribution in [0.1, 0.15) is 24.4 Å². The zero-order chi connectivity index (χ0) is 19.0. The van der Waals surface area contributed by atoms with Crippen LogP contribution in [0.15, 0.2) is 29.3 Å². The number of ether oxygens (including phenoxy) is 1. The summed E-state index contributed by atoms with van der Waals surface area (Å²) in [5.41, 5.74) is 0.870. The average Bonchev–Trinajstić information content (AvgIpc) is 3.07. The molecular weight excluding hydrogens is 462 g/mol. The Labute approximate surface area is 178 Å². The first-order valence-electron chi connectivity index (χ1n) is 9.05. The number of halogens is 2. The Hall–Kier alpha value is -0.970. The van der Waals surface area contributed by atoms with Crippen LogP contribution in [-0.2, 0) is 4.74 Å². The van der Waals surface area contributed by atoms with E-state index < -0.39 is 0 Å². The highest BCUT2D eigenvalue weighted by Crippen LogP contribution is 2.31. The van der Waals surface area contributed by atoms with Gasteiger partial charge in [-0.3, -0.25) is 4.99 Å². The maximum absolute atomic E-state index is 13.6. The van der Waals surface area contributed by atoms with E-state index >= 15 is 0 Å². The highest BCUT2D eigenvalue weighted by Gasteiger charge is 2.34. The number of hydrogen-bond acceptors (Lipinski definition) is 4. The average molecular weight is 494 g/mol. The van der Waals surface area contributed by atoms with Crippen LogP contribution in [0.5, 0.6) is 0 Å². The molecule has 2 rings (SSSR count). The Morgan fingerprint density at radius 2 is 2.19 bits per heavy atom. The molecule has 1 heterocycles. The molecule has 0 radical (unpaired) electrons. The summed E-state index contributed by atoms with van der Waals surface area (Å²) in [7, 11) is 5.67. The molecule has 1 aliphatic rings. The highest BCUT2D eigenvalue weighted by molar-refractivity contribution is 14.0. The summed E-state index contributed by atoms with van der Waals surface area (Å²) in [6, 6.07) is 6.69. The van der Waals surface area contributed by atoms with Crippen molar-refractivity contribution in [2.45, 2.75) is 18.9 Å². The zero-order valence-electron chi connectivity index (χ0n) is 16.4. The van der Waals surface area contributed by atoms with Crippen LogP contribution in [0.25, 0.3) is 0 Å². The number of aliphatic hydroxyl groups excluding tert-OH is 1. The molecule has 2 atom stereocenters. The van der Waals surface area contributed by atoms with E-state index in [1.807, 2.05) is 25.1 Å². The molecule has 154 valence electrons. The van der Waals surface area contributed by atoms with Crippen molar-refractivity contribution >= 4 is 29.9 Å². The second kappa shape index (κ2) is 11.8. The molecule has 0 spiro atoms. The van der Waals surface area contributed by atoms with E-state index in [-0.39, 0.29) is 47.9 Å². The molecule has 27 heavy (non-hydrogen) atoms. The third-order valence-corrected chi connectivity index (χ3v) is 5.00. The summed E-state index contributed by atoms with van der Waals surface area (Å²) in [4.78, 5) is 6.33. The Kier molecular flexibility index (Phi) is 10.5. The van der Waals surface area contributed by atoms with Gasteiger partial charge in [-0.15, -0.1) is 24.0 Å². The van der Waals surface area contributed by atoms with Gasteiger partial charge in [-0.2, -0.15) is 0 Å². The third-order valence-electron chi connectivity index (χ3n) is 5.00. The lowest BCUT2D eigenvalue weighted by atomic mass is 9.84. The lowest BCUT2D eigenvalue weighted by molar-refractivity contribution is 0.127. The van der Waals surface area contributed by atoms with Crippen molar-refractivity contribution in [2.24, 2.45) is 10.4 Å². The van der Waals surface area contributed by atoms with E-state index in [9.17, 15) is 9.50 Å². The first kappa shape index (κ1) is 24.1.